The van der Waals surface area contributed by atoms with Gasteiger partial charge in [-0.2, -0.15) is 0 Å². The summed E-state index contributed by atoms with van der Waals surface area (Å²) in [6, 6.07) is 9.05. The van der Waals surface area contributed by atoms with E-state index in [0.717, 1.165) is 32.0 Å². The Hall–Kier alpha value is -1.06. The van der Waals surface area contributed by atoms with Crippen LogP contribution in [-0.4, -0.2) is 37.7 Å². The maximum Gasteiger partial charge on any atom is 0.119 e. The maximum atomic E-state index is 5.82. The van der Waals surface area contributed by atoms with E-state index in [2.05, 4.69) is 62.3 Å². The highest BCUT2D eigenvalue weighted by Gasteiger charge is 2.07. The Labute approximate surface area is 130 Å². The molecule has 0 radical (unpaired) electrons. The standard InChI is InChI=1S/C18H32N2O/c1-5-7-16(3)20(4)13-14-21-18-10-8-17(9-11-18)15-19-12-6-2/h8-11,16,19H,5-7,12-15H2,1-4H3. The molecule has 0 aromatic heterocycles. The van der Waals surface area contributed by atoms with Gasteiger partial charge >= 0.3 is 0 Å². The summed E-state index contributed by atoms with van der Waals surface area (Å²) in [5, 5.41) is 3.41. The second-order valence-electron chi connectivity index (χ2n) is 5.79. The van der Waals surface area contributed by atoms with Gasteiger partial charge in [0.1, 0.15) is 12.4 Å². The van der Waals surface area contributed by atoms with Crippen molar-refractivity contribution >= 4 is 0 Å². The molecular formula is C18H32N2O. The van der Waals surface area contributed by atoms with Crippen molar-refractivity contribution in [3.8, 4) is 5.75 Å². The number of nitrogens with one attached hydrogen (secondary N) is 1. The van der Waals surface area contributed by atoms with Gasteiger partial charge in [-0.1, -0.05) is 32.4 Å². The zero-order chi connectivity index (χ0) is 15.5. The molecule has 1 rings (SSSR count). The number of rotatable bonds is 11. The van der Waals surface area contributed by atoms with Crippen LogP contribution in [0.2, 0.25) is 0 Å². The predicted molar refractivity (Wildman–Crippen MR) is 90.9 cm³/mol. The summed E-state index contributed by atoms with van der Waals surface area (Å²) in [6.45, 7) is 10.4. The quantitative estimate of drug-likeness (QED) is 0.630. The Morgan fingerprint density at radius 3 is 2.48 bits per heavy atom. The van der Waals surface area contributed by atoms with Crippen LogP contribution in [0.15, 0.2) is 24.3 Å². The van der Waals surface area contributed by atoms with E-state index in [-0.39, 0.29) is 0 Å². The third-order valence-corrected chi connectivity index (χ3v) is 3.85. The molecule has 0 aliphatic heterocycles. The number of hydrogen-bond donors (Lipinski definition) is 1. The highest BCUT2D eigenvalue weighted by molar-refractivity contribution is 5.27. The number of ether oxygens (including phenoxy) is 1. The molecule has 0 saturated heterocycles. The van der Waals surface area contributed by atoms with Gasteiger partial charge in [0.15, 0.2) is 0 Å². The number of likely N-dealkylation sites (N-methyl/N-ethyl adjacent to an activating group) is 1. The molecule has 0 bridgehead atoms. The average molecular weight is 292 g/mol. The first-order valence-electron chi connectivity index (χ1n) is 8.30. The fourth-order valence-electron chi connectivity index (χ4n) is 2.28. The molecule has 3 nitrogen and oxygen atoms in total. The Morgan fingerprint density at radius 1 is 1.14 bits per heavy atom. The van der Waals surface area contributed by atoms with Gasteiger partial charge in [-0.3, -0.25) is 0 Å². The Kier molecular flexibility index (Phi) is 9.11. The fourth-order valence-corrected chi connectivity index (χ4v) is 2.28. The van der Waals surface area contributed by atoms with Crippen LogP contribution in [0.5, 0.6) is 5.75 Å². The van der Waals surface area contributed by atoms with Crippen molar-refractivity contribution in [1.29, 1.82) is 0 Å². The largest absolute Gasteiger partial charge is 0.492 e. The molecule has 3 heteroatoms. The van der Waals surface area contributed by atoms with E-state index >= 15 is 0 Å². The molecule has 120 valence electrons. The van der Waals surface area contributed by atoms with E-state index < -0.39 is 0 Å². The van der Waals surface area contributed by atoms with E-state index in [0.29, 0.717) is 6.04 Å². The van der Waals surface area contributed by atoms with Crippen molar-refractivity contribution in [2.24, 2.45) is 0 Å². The molecule has 1 unspecified atom stereocenters. The Morgan fingerprint density at radius 2 is 1.86 bits per heavy atom. The molecule has 0 spiro atoms. The van der Waals surface area contributed by atoms with Gasteiger partial charge in [-0.25, -0.2) is 0 Å². The molecule has 1 atom stereocenters. The van der Waals surface area contributed by atoms with Gasteiger partial charge in [-0.05, 0) is 51.1 Å². The topological polar surface area (TPSA) is 24.5 Å². The number of nitrogens with zero attached hydrogens (tertiary/aromatic N) is 1. The summed E-state index contributed by atoms with van der Waals surface area (Å²) in [4.78, 5) is 2.37. The smallest absolute Gasteiger partial charge is 0.119 e. The van der Waals surface area contributed by atoms with Crippen LogP contribution in [-0.2, 0) is 6.54 Å². The maximum absolute atomic E-state index is 5.82. The zero-order valence-electron chi connectivity index (χ0n) is 14.2. The lowest BCUT2D eigenvalue weighted by atomic mass is 10.2. The number of benzene rings is 1. The second-order valence-corrected chi connectivity index (χ2v) is 5.79. The summed E-state index contributed by atoms with van der Waals surface area (Å²) in [6.07, 6.45) is 3.65. The van der Waals surface area contributed by atoms with Crippen LogP contribution in [0.1, 0.15) is 45.6 Å². The molecule has 21 heavy (non-hydrogen) atoms. The third kappa shape index (κ3) is 7.49. The van der Waals surface area contributed by atoms with E-state index in [1.165, 1.54) is 24.8 Å². The zero-order valence-corrected chi connectivity index (χ0v) is 14.2. The van der Waals surface area contributed by atoms with Gasteiger partial charge in [0.2, 0.25) is 0 Å². The van der Waals surface area contributed by atoms with Crippen molar-refractivity contribution in [2.75, 3.05) is 26.7 Å². The van der Waals surface area contributed by atoms with E-state index in [9.17, 15) is 0 Å². The monoisotopic (exact) mass is 292 g/mol. The Balaban J connectivity index is 2.26. The molecule has 0 saturated carbocycles. The van der Waals surface area contributed by atoms with Crippen LogP contribution >= 0.6 is 0 Å². The van der Waals surface area contributed by atoms with Crippen molar-refractivity contribution in [2.45, 2.75) is 52.6 Å². The molecule has 0 heterocycles. The second kappa shape index (κ2) is 10.6. The van der Waals surface area contributed by atoms with E-state index in [4.69, 9.17) is 4.74 Å². The summed E-state index contributed by atoms with van der Waals surface area (Å²) < 4.78 is 5.82. The minimum atomic E-state index is 0.630. The molecule has 0 aliphatic carbocycles. The summed E-state index contributed by atoms with van der Waals surface area (Å²) >= 11 is 0. The first kappa shape index (κ1) is 18.0. The fraction of sp³-hybridized carbons (Fsp3) is 0.667. The first-order chi connectivity index (χ1) is 10.2. The average Bonchev–Trinajstić information content (AvgIpc) is 2.49. The third-order valence-electron chi connectivity index (χ3n) is 3.85. The lowest BCUT2D eigenvalue weighted by Gasteiger charge is -2.24. The van der Waals surface area contributed by atoms with E-state index in [1.54, 1.807) is 0 Å². The van der Waals surface area contributed by atoms with Gasteiger partial charge in [0.25, 0.3) is 0 Å². The Bertz CT molecular complexity index is 364. The van der Waals surface area contributed by atoms with Crippen molar-refractivity contribution in [3.63, 3.8) is 0 Å². The van der Waals surface area contributed by atoms with Crippen LogP contribution in [0.3, 0.4) is 0 Å². The SMILES string of the molecule is CCCNCc1ccc(OCCN(C)C(C)CCC)cc1. The highest BCUT2D eigenvalue weighted by Crippen LogP contribution is 2.12. The van der Waals surface area contributed by atoms with E-state index in [1.807, 2.05) is 0 Å². The minimum Gasteiger partial charge on any atom is -0.492 e. The molecule has 0 fully saturated rings. The van der Waals surface area contributed by atoms with Crippen molar-refractivity contribution in [3.05, 3.63) is 29.8 Å². The molecule has 1 aromatic carbocycles. The van der Waals surface area contributed by atoms with Gasteiger partial charge in [0, 0.05) is 19.1 Å². The van der Waals surface area contributed by atoms with Gasteiger partial charge in [-0.15, -0.1) is 0 Å². The lowest BCUT2D eigenvalue weighted by molar-refractivity contribution is 0.193. The van der Waals surface area contributed by atoms with Crippen molar-refractivity contribution in [1.82, 2.24) is 10.2 Å². The minimum absolute atomic E-state index is 0.630. The van der Waals surface area contributed by atoms with Crippen molar-refractivity contribution < 1.29 is 4.74 Å². The number of hydrogen-bond acceptors (Lipinski definition) is 3. The summed E-state index contributed by atoms with van der Waals surface area (Å²) in [7, 11) is 2.17. The molecule has 1 aromatic rings. The highest BCUT2D eigenvalue weighted by atomic mass is 16.5. The summed E-state index contributed by atoms with van der Waals surface area (Å²) in [5.41, 5.74) is 1.31. The molecular weight excluding hydrogens is 260 g/mol. The van der Waals surface area contributed by atoms with Crippen LogP contribution in [0.25, 0.3) is 0 Å². The normalized spacial score (nSPS) is 12.6. The van der Waals surface area contributed by atoms with Crippen LogP contribution < -0.4 is 10.1 Å². The lowest BCUT2D eigenvalue weighted by Crippen LogP contribution is -2.32. The summed E-state index contributed by atoms with van der Waals surface area (Å²) in [5.74, 6) is 0.964. The molecule has 1 N–H and O–H groups in total. The first-order valence-corrected chi connectivity index (χ1v) is 8.30. The molecule has 0 amide bonds. The molecule has 0 aliphatic rings. The predicted octanol–water partition coefficient (Wildman–Crippen LogP) is 3.69. The van der Waals surface area contributed by atoms with Gasteiger partial charge in [0.05, 0.1) is 0 Å². The van der Waals surface area contributed by atoms with Crippen LogP contribution in [0, 0.1) is 0 Å². The van der Waals surface area contributed by atoms with Crippen LogP contribution in [0.4, 0.5) is 0 Å². The van der Waals surface area contributed by atoms with Gasteiger partial charge < -0.3 is 15.0 Å².